The zero-order valence-electron chi connectivity index (χ0n) is 16.5. The maximum Gasteiger partial charge on any atom is 0.304 e. The fraction of sp³-hybridized carbons (Fsp3) is 0.400. The third-order valence-electron chi connectivity index (χ3n) is 4.87. The Bertz CT molecular complexity index is 971. The number of nitrogens with one attached hydrogen (secondary N) is 1. The van der Waals surface area contributed by atoms with Crippen LogP contribution in [0.15, 0.2) is 41.3 Å². The van der Waals surface area contributed by atoms with Crippen molar-refractivity contribution < 1.29 is 33.8 Å². The number of ketones is 1. The number of aryl methyl sites for hydroxylation is 1. The van der Waals surface area contributed by atoms with Gasteiger partial charge < -0.3 is 19.9 Å². The number of pyridine rings is 1. The molecule has 1 aliphatic carbocycles. The number of fused-ring (bicyclic) bond motifs is 1. The summed E-state index contributed by atoms with van der Waals surface area (Å²) in [5.41, 5.74) is 1.30. The lowest BCUT2D eigenvalue weighted by Crippen LogP contribution is -2.48. The van der Waals surface area contributed by atoms with E-state index >= 15 is 0 Å². The van der Waals surface area contributed by atoms with E-state index < -0.39 is 30.5 Å². The van der Waals surface area contributed by atoms with Crippen molar-refractivity contribution in [3.05, 3.63) is 47.0 Å². The number of ether oxygens (including phenoxy) is 2. The van der Waals surface area contributed by atoms with Crippen LogP contribution in [0.3, 0.4) is 0 Å². The Morgan fingerprint density at radius 2 is 2.13 bits per heavy atom. The van der Waals surface area contributed by atoms with Crippen molar-refractivity contribution >= 4 is 23.5 Å². The molecule has 0 radical (unpaired) electrons. The van der Waals surface area contributed by atoms with Gasteiger partial charge in [0.05, 0.1) is 0 Å². The third kappa shape index (κ3) is 3.91. The van der Waals surface area contributed by atoms with Gasteiger partial charge in [-0.15, -0.1) is 0 Å². The summed E-state index contributed by atoms with van der Waals surface area (Å²) in [5.74, 6) is -1.18. The van der Waals surface area contributed by atoms with E-state index in [0.29, 0.717) is 11.4 Å². The Morgan fingerprint density at radius 3 is 2.80 bits per heavy atom. The molecule has 10 nitrogen and oxygen atoms in total. The topological polar surface area (TPSA) is 127 Å². The van der Waals surface area contributed by atoms with Crippen LogP contribution in [0.4, 0.5) is 5.82 Å². The molecule has 4 rings (SSSR count). The molecule has 0 aromatic carbocycles. The Morgan fingerprint density at radius 1 is 1.33 bits per heavy atom. The highest BCUT2D eigenvalue weighted by Gasteiger charge is 2.43. The summed E-state index contributed by atoms with van der Waals surface area (Å²) in [6.45, 7) is 3.09. The first-order valence-corrected chi connectivity index (χ1v) is 9.51. The molecule has 0 unspecified atom stereocenters. The van der Waals surface area contributed by atoms with E-state index in [-0.39, 0.29) is 36.5 Å². The van der Waals surface area contributed by atoms with Gasteiger partial charge in [0.15, 0.2) is 23.9 Å². The Balaban J connectivity index is 1.61. The molecule has 0 bridgehead atoms. The summed E-state index contributed by atoms with van der Waals surface area (Å²) in [5, 5.41) is 13.6. The van der Waals surface area contributed by atoms with Crippen molar-refractivity contribution in [2.24, 2.45) is 0 Å². The highest BCUT2D eigenvalue weighted by atomic mass is 16.8. The van der Waals surface area contributed by atoms with Crippen LogP contribution >= 0.6 is 0 Å². The van der Waals surface area contributed by atoms with E-state index in [0.717, 1.165) is 5.69 Å². The molecule has 1 aromatic rings. The first-order chi connectivity index (χ1) is 14.3. The maximum atomic E-state index is 12.8. The Hall–Kier alpha value is -3.24. The number of aliphatic hydroxyl groups excluding tert-OH is 1. The Labute approximate surface area is 172 Å². The van der Waals surface area contributed by atoms with E-state index in [9.17, 15) is 19.5 Å². The molecule has 3 heterocycles. The van der Waals surface area contributed by atoms with Crippen molar-refractivity contribution in [2.75, 3.05) is 5.06 Å². The smallest absolute Gasteiger partial charge is 0.304 e. The number of carbonyl (C=O) groups is 3. The van der Waals surface area contributed by atoms with Crippen LogP contribution in [0.1, 0.15) is 31.9 Å². The minimum Gasteiger partial charge on any atom is -0.510 e. The highest BCUT2D eigenvalue weighted by molar-refractivity contribution is 6.02. The van der Waals surface area contributed by atoms with Crippen molar-refractivity contribution in [1.29, 1.82) is 0 Å². The van der Waals surface area contributed by atoms with E-state index in [4.69, 9.17) is 14.3 Å². The first kappa shape index (κ1) is 20.0. The summed E-state index contributed by atoms with van der Waals surface area (Å²) in [6.07, 6.45) is -0.493. The average Bonchev–Trinajstić information content (AvgIpc) is 3.23. The number of anilines is 1. The molecule has 10 heteroatoms. The molecule has 1 fully saturated rings. The molecule has 0 saturated carbocycles. The second-order valence-corrected chi connectivity index (χ2v) is 7.20. The van der Waals surface area contributed by atoms with E-state index in [1.807, 2.05) is 13.0 Å². The lowest BCUT2D eigenvalue weighted by atomic mass is 10.1. The first-order valence-electron chi connectivity index (χ1n) is 9.51. The number of carbonyl (C=O) groups excluding carboxylic acids is 3. The Kier molecular flexibility index (Phi) is 5.27. The summed E-state index contributed by atoms with van der Waals surface area (Å²) < 4.78 is 10.9. The number of aromatic nitrogens is 1. The number of amides is 1. The third-order valence-corrected chi connectivity index (χ3v) is 4.87. The monoisotopic (exact) mass is 415 g/mol. The molecule has 3 aliphatic rings. The zero-order chi connectivity index (χ0) is 21.4. The van der Waals surface area contributed by atoms with Crippen LogP contribution < -0.4 is 10.4 Å². The quantitative estimate of drug-likeness (QED) is 0.553. The minimum atomic E-state index is -1.10. The van der Waals surface area contributed by atoms with Crippen LogP contribution in [-0.4, -0.2) is 46.4 Å². The maximum absolute atomic E-state index is 12.8. The van der Waals surface area contributed by atoms with Gasteiger partial charge in [0, 0.05) is 31.9 Å². The number of esters is 1. The number of Topliss-reactive ketones (excluding diaryl/α,β-unsaturated/α-hetero) is 1. The van der Waals surface area contributed by atoms with Gasteiger partial charge in [-0.05, 0) is 30.7 Å². The molecule has 30 heavy (non-hydrogen) atoms. The van der Waals surface area contributed by atoms with E-state index in [1.165, 1.54) is 12.0 Å². The summed E-state index contributed by atoms with van der Waals surface area (Å²) in [6, 6.07) is 5.29. The fourth-order valence-electron chi connectivity index (χ4n) is 3.51. The van der Waals surface area contributed by atoms with Gasteiger partial charge in [0.1, 0.15) is 11.5 Å². The van der Waals surface area contributed by atoms with Gasteiger partial charge in [0.2, 0.25) is 6.29 Å². The van der Waals surface area contributed by atoms with Crippen molar-refractivity contribution in [1.82, 2.24) is 10.3 Å². The van der Waals surface area contributed by atoms with E-state index in [2.05, 4.69) is 10.3 Å². The zero-order valence-corrected chi connectivity index (χ0v) is 16.5. The largest absolute Gasteiger partial charge is 0.510 e. The molecule has 2 N–H and O–H groups in total. The molecule has 1 aromatic heterocycles. The van der Waals surface area contributed by atoms with Gasteiger partial charge >= 0.3 is 5.97 Å². The SMILES string of the molecule is CC(=O)O[C@H]1CC2=C[C@H](C(=O)NC3=C(O)CCC3=O)ON(c3cccc(C)n3)[C@@H]2O1. The van der Waals surface area contributed by atoms with Gasteiger partial charge in [0.25, 0.3) is 5.91 Å². The molecule has 2 aliphatic heterocycles. The average molecular weight is 415 g/mol. The van der Waals surface area contributed by atoms with Gasteiger partial charge in [-0.3, -0.25) is 19.2 Å². The predicted molar refractivity (Wildman–Crippen MR) is 101 cm³/mol. The minimum absolute atomic E-state index is 0.107. The molecule has 158 valence electrons. The number of hydroxylamine groups is 1. The summed E-state index contributed by atoms with van der Waals surface area (Å²) in [4.78, 5) is 46.2. The summed E-state index contributed by atoms with van der Waals surface area (Å²) in [7, 11) is 0. The van der Waals surface area contributed by atoms with Gasteiger partial charge in [-0.1, -0.05) is 6.07 Å². The van der Waals surface area contributed by atoms with Crippen LogP contribution in [-0.2, 0) is 28.7 Å². The molecule has 1 amide bonds. The van der Waals surface area contributed by atoms with Crippen molar-refractivity contribution in [2.45, 2.75) is 51.7 Å². The van der Waals surface area contributed by atoms with Gasteiger partial charge in [-0.2, -0.15) is 0 Å². The lowest BCUT2D eigenvalue weighted by molar-refractivity contribution is -0.179. The molecule has 1 saturated heterocycles. The molecular formula is C20H21N3O7. The predicted octanol–water partition coefficient (Wildman–Crippen LogP) is 1.32. The number of aliphatic hydroxyl groups is 1. The fourth-order valence-corrected chi connectivity index (χ4v) is 3.51. The molecular weight excluding hydrogens is 394 g/mol. The lowest BCUT2D eigenvalue weighted by Gasteiger charge is -2.35. The normalized spacial score (nSPS) is 25.8. The summed E-state index contributed by atoms with van der Waals surface area (Å²) >= 11 is 0. The van der Waals surface area contributed by atoms with Crippen LogP contribution in [0.2, 0.25) is 0 Å². The van der Waals surface area contributed by atoms with Crippen LogP contribution in [0, 0.1) is 6.92 Å². The standard InChI is InChI=1S/C20H21N3O7/c1-10-4-3-5-16(21-10)23-20-12(9-17(29-20)28-11(2)24)8-15(30-23)19(27)22-18-13(25)6-7-14(18)26/h3-5,8,15,17,20,25H,6-7,9H2,1-2H3,(H,22,27)/t15-,17-,20-/m1/s1. The van der Waals surface area contributed by atoms with Crippen LogP contribution in [0.5, 0.6) is 0 Å². The number of allylic oxidation sites excluding steroid dienone is 2. The number of nitrogens with zero attached hydrogens (tertiary/aromatic N) is 2. The molecule has 3 atom stereocenters. The van der Waals surface area contributed by atoms with Crippen molar-refractivity contribution in [3.63, 3.8) is 0 Å². The second kappa shape index (κ2) is 7.88. The van der Waals surface area contributed by atoms with E-state index in [1.54, 1.807) is 18.2 Å². The number of hydrogen-bond donors (Lipinski definition) is 2. The molecule has 0 spiro atoms. The number of rotatable bonds is 4. The van der Waals surface area contributed by atoms with Crippen molar-refractivity contribution in [3.8, 4) is 0 Å². The van der Waals surface area contributed by atoms with Crippen LogP contribution in [0.25, 0.3) is 0 Å². The number of hydrogen-bond acceptors (Lipinski definition) is 9. The van der Waals surface area contributed by atoms with Gasteiger partial charge in [-0.25, -0.2) is 10.0 Å². The second-order valence-electron chi connectivity index (χ2n) is 7.20. The highest BCUT2D eigenvalue weighted by Crippen LogP contribution is 2.36.